The van der Waals surface area contributed by atoms with Gasteiger partial charge in [0.1, 0.15) is 0 Å². The van der Waals surface area contributed by atoms with Gasteiger partial charge in [-0.2, -0.15) is 0 Å². The molecule has 0 bridgehead atoms. The predicted octanol–water partition coefficient (Wildman–Crippen LogP) is 17.2. The van der Waals surface area contributed by atoms with E-state index >= 15 is 0 Å². The van der Waals surface area contributed by atoms with Gasteiger partial charge in [-0.15, -0.1) is 26.3 Å². The topological polar surface area (TPSA) is 50.3 Å². The first-order valence-electron chi connectivity index (χ1n) is 27.7. The third kappa shape index (κ3) is 117. The number of allylic oxidation sites excluding steroid dienone is 3. The first-order valence-corrected chi connectivity index (χ1v) is 27.7. The van der Waals surface area contributed by atoms with Gasteiger partial charge in [0.15, 0.2) is 11.6 Å². The second kappa shape index (κ2) is 85.4. The Kier molecular flexibility index (Phi) is 107. The van der Waals surface area contributed by atoms with E-state index in [-0.39, 0.29) is 19.0 Å². The highest BCUT2D eigenvalue weighted by atomic mass is 16.1. The number of carbonyl (C=O) groups is 2. The van der Waals surface area contributed by atoms with Gasteiger partial charge in [0, 0.05) is 32.5 Å². The molecule has 0 fully saturated rings. The Balaban J connectivity index is -0.0000000870. The Bertz CT molecular complexity index is 958. The standard InChI is InChI=1S/C12H23NO.C10H19NO.C8H17N.2C8H18.C6H13N.C5H11N.C4H8.CH4/c1-4-6-10-13(3)11-8-7-9-12(14)5-2;1-4-10(12)8-6-7-9-11(3)5-2;1-4-6-8-9(3)7-5-2;2*1-3-5-7-8-6-4-2;1-4-6-7(3)5-2;1-4-5-6(2)3;1-3-4-2;/h5H,2,4,6-11H2,1,3H3;4H,1,5-9H2,2-3H3;5H,2,4,6-8H2,1,3H3;2*3-8H2,1-2H3;4H,1,5-6H2,2-3H3;4H,1,5H2,2-3H3;3H,1,4H2,2H3;1H4. The minimum atomic E-state index is 0. The van der Waals surface area contributed by atoms with Gasteiger partial charge in [0.2, 0.25) is 0 Å². The molecule has 416 valence electrons. The van der Waals surface area contributed by atoms with Gasteiger partial charge < -0.3 is 24.5 Å². The van der Waals surface area contributed by atoms with Crippen LogP contribution in [0.2, 0.25) is 0 Å². The first-order chi connectivity index (χ1) is 32.5. The summed E-state index contributed by atoms with van der Waals surface area (Å²) in [6.07, 6.45) is 39.1. The van der Waals surface area contributed by atoms with E-state index < -0.39 is 0 Å². The SMILES string of the molecule is C.C=CC(=O)CCCCN(C)CC.C=CC(=O)CCCCN(C)CCCC.C=CCC.C=CCN(C)C.C=CCN(C)CC.C=CCN(C)CCCC.CCCCCCCC.CCCCCCCC. The van der Waals surface area contributed by atoms with Crippen LogP contribution in [0.5, 0.6) is 0 Å². The quantitative estimate of drug-likeness (QED) is 0.0349. The molecular weight excluding hydrogens is 847 g/mol. The number of hydrogen-bond acceptors (Lipinski definition) is 7. The maximum Gasteiger partial charge on any atom is 0.155 e. The number of rotatable bonds is 37. The fourth-order valence-electron chi connectivity index (χ4n) is 5.32. The second-order valence-electron chi connectivity index (χ2n) is 17.9. The van der Waals surface area contributed by atoms with Crippen molar-refractivity contribution in [2.75, 3.05) is 101 Å². The maximum atomic E-state index is 10.9. The molecule has 0 aromatic heterocycles. The zero-order valence-electron chi connectivity index (χ0n) is 49.4. The van der Waals surface area contributed by atoms with E-state index in [1.165, 1.54) is 128 Å². The molecule has 0 aliphatic carbocycles. The molecule has 0 saturated heterocycles. The lowest BCUT2D eigenvalue weighted by Crippen LogP contribution is -2.20. The van der Waals surface area contributed by atoms with Crippen molar-refractivity contribution in [2.45, 2.75) is 217 Å². The van der Waals surface area contributed by atoms with Crippen LogP contribution in [0.25, 0.3) is 0 Å². The van der Waals surface area contributed by atoms with Crippen LogP contribution in [-0.2, 0) is 9.59 Å². The zero-order valence-corrected chi connectivity index (χ0v) is 49.4. The average Bonchev–Trinajstić information content (AvgIpc) is 3.34. The van der Waals surface area contributed by atoms with Crippen molar-refractivity contribution in [1.82, 2.24) is 24.5 Å². The van der Waals surface area contributed by atoms with E-state index in [0.29, 0.717) is 12.8 Å². The number of ketones is 2. The molecule has 0 N–H and O–H groups in total. The van der Waals surface area contributed by atoms with Gasteiger partial charge in [-0.3, -0.25) is 9.59 Å². The highest BCUT2D eigenvalue weighted by molar-refractivity contribution is 5.89. The van der Waals surface area contributed by atoms with Crippen molar-refractivity contribution in [3.8, 4) is 0 Å². The van der Waals surface area contributed by atoms with E-state index in [2.05, 4.69) is 154 Å². The van der Waals surface area contributed by atoms with Crippen LogP contribution < -0.4 is 0 Å². The van der Waals surface area contributed by atoms with Crippen molar-refractivity contribution in [2.24, 2.45) is 0 Å². The molecule has 0 aromatic rings. The molecule has 0 aromatic carbocycles. The summed E-state index contributed by atoms with van der Waals surface area (Å²) in [4.78, 5) is 32.8. The van der Waals surface area contributed by atoms with Crippen molar-refractivity contribution in [3.63, 3.8) is 0 Å². The molecule has 7 nitrogen and oxygen atoms in total. The number of carbonyl (C=O) groups excluding carboxylic acids is 2. The van der Waals surface area contributed by atoms with E-state index in [0.717, 1.165) is 77.9 Å². The molecule has 0 aliphatic heterocycles. The molecule has 0 aliphatic rings. The Labute approximate surface area is 438 Å². The molecule has 0 rings (SSSR count). The lowest BCUT2D eigenvalue weighted by molar-refractivity contribution is -0.115. The van der Waals surface area contributed by atoms with Crippen LogP contribution in [0.1, 0.15) is 217 Å². The number of unbranched alkanes of at least 4 members (excludes halogenated alkanes) is 14. The number of hydrogen-bond donors (Lipinski definition) is 0. The molecule has 0 amide bonds. The monoisotopic (exact) mass is 978 g/mol. The predicted molar refractivity (Wildman–Crippen MR) is 324 cm³/mol. The Morgan fingerprint density at radius 2 is 0.638 bits per heavy atom. The molecule has 7 heteroatoms. The van der Waals surface area contributed by atoms with Gasteiger partial charge in [-0.25, -0.2) is 0 Å². The van der Waals surface area contributed by atoms with Crippen LogP contribution in [0.3, 0.4) is 0 Å². The van der Waals surface area contributed by atoms with Crippen LogP contribution in [-0.4, -0.2) is 137 Å². The van der Waals surface area contributed by atoms with Crippen LogP contribution >= 0.6 is 0 Å². The average molecular weight is 979 g/mol. The summed E-state index contributed by atoms with van der Waals surface area (Å²) < 4.78 is 0. The van der Waals surface area contributed by atoms with E-state index in [4.69, 9.17) is 0 Å². The summed E-state index contributed by atoms with van der Waals surface area (Å²) in [6.45, 7) is 50.7. The molecule has 0 spiro atoms. The number of nitrogens with zero attached hydrogens (tertiary/aromatic N) is 5. The first kappa shape index (κ1) is 86.4. The lowest BCUT2D eigenvalue weighted by atomic mass is 10.1. The van der Waals surface area contributed by atoms with E-state index in [9.17, 15) is 9.59 Å². The molecule has 0 saturated carbocycles. The maximum absolute atomic E-state index is 10.9. The smallest absolute Gasteiger partial charge is 0.155 e. The molecule has 0 atom stereocenters. The molecule has 0 radical (unpaired) electrons. The fourth-order valence-corrected chi connectivity index (χ4v) is 5.32. The van der Waals surface area contributed by atoms with Crippen LogP contribution in [0.4, 0.5) is 0 Å². The molecule has 69 heavy (non-hydrogen) atoms. The van der Waals surface area contributed by atoms with Crippen molar-refractivity contribution in [3.05, 3.63) is 75.9 Å². The van der Waals surface area contributed by atoms with Crippen molar-refractivity contribution < 1.29 is 9.59 Å². The summed E-state index contributed by atoms with van der Waals surface area (Å²) in [6, 6.07) is 0. The normalized spacial score (nSPS) is 9.62. The third-order valence-electron chi connectivity index (χ3n) is 10.3. The highest BCUT2D eigenvalue weighted by Crippen LogP contribution is 2.05. The minimum absolute atomic E-state index is 0. The molecule has 0 unspecified atom stereocenters. The highest BCUT2D eigenvalue weighted by Gasteiger charge is 2.00. The summed E-state index contributed by atoms with van der Waals surface area (Å²) in [5.74, 6) is 0.329. The lowest BCUT2D eigenvalue weighted by Gasteiger charge is -2.15. The fraction of sp³-hybridized carbons (Fsp3) is 0.774. The zero-order chi connectivity index (χ0) is 53.9. The van der Waals surface area contributed by atoms with Crippen molar-refractivity contribution >= 4 is 11.6 Å². The minimum Gasteiger partial charge on any atom is -0.307 e. The van der Waals surface area contributed by atoms with Gasteiger partial charge >= 0.3 is 0 Å². The summed E-state index contributed by atoms with van der Waals surface area (Å²) in [5.41, 5.74) is 0. The summed E-state index contributed by atoms with van der Waals surface area (Å²) in [7, 11) is 12.5. The van der Waals surface area contributed by atoms with E-state index in [1.54, 1.807) is 0 Å². The second-order valence-corrected chi connectivity index (χ2v) is 17.9. The van der Waals surface area contributed by atoms with Crippen LogP contribution in [0.15, 0.2) is 75.9 Å². The summed E-state index contributed by atoms with van der Waals surface area (Å²) in [5, 5.41) is 0. The number of likely N-dealkylation sites (N-methyl/N-ethyl adjacent to an activating group) is 3. The Morgan fingerprint density at radius 1 is 0.348 bits per heavy atom. The Morgan fingerprint density at radius 3 is 0.870 bits per heavy atom. The van der Waals surface area contributed by atoms with Crippen LogP contribution in [0, 0.1) is 0 Å². The third-order valence-corrected chi connectivity index (χ3v) is 10.3. The van der Waals surface area contributed by atoms with Gasteiger partial charge in [0.25, 0.3) is 0 Å². The summed E-state index contributed by atoms with van der Waals surface area (Å²) >= 11 is 0. The largest absolute Gasteiger partial charge is 0.307 e. The van der Waals surface area contributed by atoms with Gasteiger partial charge in [0.05, 0.1) is 0 Å². The Hall–Kier alpha value is -2.42. The molecule has 0 heterocycles. The van der Waals surface area contributed by atoms with Gasteiger partial charge in [-0.1, -0.05) is 197 Å². The molecular formula is C62H131N5O2. The van der Waals surface area contributed by atoms with Gasteiger partial charge in [-0.05, 0) is 139 Å². The van der Waals surface area contributed by atoms with E-state index in [1.807, 2.05) is 38.4 Å². The van der Waals surface area contributed by atoms with Crippen molar-refractivity contribution in [1.29, 1.82) is 0 Å².